The van der Waals surface area contributed by atoms with Gasteiger partial charge in [0.05, 0.1) is 18.1 Å². The molecule has 3 heterocycles. The minimum Gasteiger partial charge on any atom is -0.339 e. The van der Waals surface area contributed by atoms with Crippen LogP contribution in [0, 0.1) is 0 Å². The van der Waals surface area contributed by atoms with Crippen LogP contribution in [-0.4, -0.2) is 25.3 Å². The Morgan fingerprint density at radius 2 is 1.89 bits per heavy atom. The monoisotopic (exact) mass is 357 g/mol. The number of aromatic nitrogens is 5. The lowest BCUT2D eigenvalue weighted by Crippen LogP contribution is -2.12. The van der Waals surface area contributed by atoms with Crippen LogP contribution in [0.4, 0.5) is 0 Å². The summed E-state index contributed by atoms with van der Waals surface area (Å²) in [5.41, 5.74) is 3.30. The zero-order valence-corrected chi connectivity index (χ0v) is 14.3. The molecule has 2 N–H and O–H groups in total. The lowest BCUT2D eigenvalue weighted by Gasteiger charge is -2.00. The van der Waals surface area contributed by atoms with Crippen LogP contribution in [0.15, 0.2) is 64.0 Å². The van der Waals surface area contributed by atoms with E-state index in [2.05, 4.69) is 25.3 Å². The van der Waals surface area contributed by atoms with Gasteiger partial charge in [0, 0.05) is 22.9 Å². The van der Waals surface area contributed by atoms with Crippen LogP contribution in [-0.2, 0) is 12.8 Å². The molecule has 5 aromatic rings. The van der Waals surface area contributed by atoms with E-state index in [1.807, 2.05) is 48.5 Å². The number of hydrogen-bond acceptors (Lipinski definition) is 5. The van der Waals surface area contributed by atoms with E-state index in [1.54, 1.807) is 6.20 Å². The molecule has 0 radical (unpaired) electrons. The largest absolute Gasteiger partial charge is 0.339 e. The predicted molar refractivity (Wildman–Crippen MR) is 101 cm³/mol. The average Bonchev–Trinajstić information content (AvgIpc) is 3.31. The Hall–Kier alpha value is -3.74. The summed E-state index contributed by atoms with van der Waals surface area (Å²) in [6.07, 6.45) is 2.63. The Morgan fingerprint density at radius 3 is 2.85 bits per heavy atom. The second kappa shape index (κ2) is 6.21. The van der Waals surface area contributed by atoms with Gasteiger partial charge in [0.25, 0.3) is 5.56 Å². The number of nitrogens with one attached hydrogen (secondary N) is 2. The second-order valence-electron chi connectivity index (χ2n) is 6.46. The minimum atomic E-state index is -0.141. The number of nitrogens with zero attached hydrogens (tertiary/aromatic N) is 3. The number of pyridine rings is 1. The smallest absolute Gasteiger partial charge is 0.252 e. The van der Waals surface area contributed by atoms with Crippen molar-refractivity contribution in [1.82, 2.24) is 25.3 Å². The molecule has 0 bridgehead atoms. The first-order valence-corrected chi connectivity index (χ1v) is 8.59. The summed E-state index contributed by atoms with van der Waals surface area (Å²) in [6.45, 7) is 0. The molecule has 0 aliphatic rings. The van der Waals surface area contributed by atoms with Crippen LogP contribution in [0.5, 0.6) is 0 Å². The van der Waals surface area contributed by atoms with Crippen molar-refractivity contribution in [3.8, 4) is 0 Å². The Bertz CT molecular complexity index is 1310. The molecule has 0 atom stereocenters. The third-order valence-corrected chi connectivity index (χ3v) is 4.55. The van der Waals surface area contributed by atoms with Crippen molar-refractivity contribution in [3.05, 3.63) is 87.9 Å². The van der Waals surface area contributed by atoms with E-state index < -0.39 is 0 Å². The number of rotatable bonds is 4. The van der Waals surface area contributed by atoms with Crippen molar-refractivity contribution in [2.75, 3.05) is 0 Å². The summed E-state index contributed by atoms with van der Waals surface area (Å²) in [5, 5.41) is 13.0. The minimum absolute atomic E-state index is 0.141. The fourth-order valence-electron chi connectivity index (χ4n) is 3.20. The Labute approximate surface area is 153 Å². The summed E-state index contributed by atoms with van der Waals surface area (Å²) >= 11 is 0. The van der Waals surface area contributed by atoms with Gasteiger partial charge in [0.1, 0.15) is 0 Å². The molecular weight excluding hydrogens is 342 g/mol. The highest BCUT2D eigenvalue weighted by Gasteiger charge is 2.11. The summed E-state index contributed by atoms with van der Waals surface area (Å²) in [6, 6.07) is 15.6. The first kappa shape index (κ1) is 15.5. The summed E-state index contributed by atoms with van der Waals surface area (Å²) in [5.74, 6) is 1.01. The number of H-pyrrole nitrogens is 2. The van der Waals surface area contributed by atoms with E-state index in [-0.39, 0.29) is 5.56 Å². The SMILES string of the molecule is O=c1[nH]c2ccccc2cc1Cc1nc(Cc2ccc3cn[nH]c3c2)no1. The molecule has 5 rings (SSSR count). The lowest BCUT2D eigenvalue weighted by molar-refractivity contribution is 0.380. The normalized spacial score (nSPS) is 11.4. The molecule has 0 aliphatic heterocycles. The molecule has 0 saturated carbocycles. The van der Waals surface area contributed by atoms with E-state index in [0.29, 0.717) is 30.1 Å². The Morgan fingerprint density at radius 1 is 0.963 bits per heavy atom. The van der Waals surface area contributed by atoms with Crippen LogP contribution >= 0.6 is 0 Å². The maximum atomic E-state index is 12.3. The second-order valence-corrected chi connectivity index (χ2v) is 6.46. The molecule has 0 fully saturated rings. The van der Waals surface area contributed by atoms with Gasteiger partial charge >= 0.3 is 0 Å². The molecule has 0 spiro atoms. The maximum absolute atomic E-state index is 12.3. The molecule has 0 saturated heterocycles. The van der Waals surface area contributed by atoms with Gasteiger partial charge in [-0.1, -0.05) is 35.5 Å². The van der Waals surface area contributed by atoms with Crippen LogP contribution in [0.1, 0.15) is 22.8 Å². The fraction of sp³-hybridized carbons (Fsp3) is 0.100. The van der Waals surface area contributed by atoms with Gasteiger partial charge in [-0.3, -0.25) is 9.89 Å². The van der Waals surface area contributed by atoms with Gasteiger partial charge in [0.2, 0.25) is 5.89 Å². The molecule has 0 aliphatic carbocycles. The molecule has 7 nitrogen and oxygen atoms in total. The topological polar surface area (TPSA) is 100 Å². The lowest BCUT2D eigenvalue weighted by atomic mass is 10.1. The van der Waals surface area contributed by atoms with Crippen molar-refractivity contribution in [2.24, 2.45) is 0 Å². The standard InChI is InChI=1S/C20H15N5O2/c26-20-15(9-13-3-1-2-4-16(13)22-20)10-19-23-18(25-27-19)8-12-5-6-14-11-21-24-17(14)7-12/h1-7,9,11H,8,10H2,(H,21,24)(H,22,26). The summed E-state index contributed by atoms with van der Waals surface area (Å²) < 4.78 is 5.35. The Balaban J connectivity index is 1.39. The molecule has 132 valence electrons. The van der Waals surface area contributed by atoms with Crippen LogP contribution in [0.3, 0.4) is 0 Å². The van der Waals surface area contributed by atoms with Crippen molar-refractivity contribution < 1.29 is 4.52 Å². The first-order chi connectivity index (χ1) is 13.2. The van der Waals surface area contributed by atoms with Gasteiger partial charge in [-0.15, -0.1) is 0 Å². The molecular formula is C20H15N5O2. The van der Waals surface area contributed by atoms with E-state index >= 15 is 0 Å². The molecule has 0 unspecified atom stereocenters. The molecule has 3 aromatic heterocycles. The van der Waals surface area contributed by atoms with Crippen LogP contribution < -0.4 is 5.56 Å². The predicted octanol–water partition coefficient (Wildman–Crippen LogP) is 2.97. The van der Waals surface area contributed by atoms with E-state index in [4.69, 9.17) is 4.52 Å². The van der Waals surface area contributed by atoms with Crippen LogP contribution in [0.2, 0.25) is 0 Å². The molecule has 7 heteroatoms. The third-order valence-electron chi connectivity index (χ3n) is 4.55. The van der Waals surface area contributed by atoms with Gasteiger partial charge in [0.15, 0.2) is 5.82 Å². The number of benzene rings is 2. The van der Waals surface area contributed by atoms with Crippen molar-refractivity contribution in [2.45, 2.75) is 12.8 Å². The third kappa shape index (κ3) is 2.99. The highest BCUT2D eigenvalue weighted by atomic mass is 16.5. The van der Waals surface area contributed by atoms with E-state index in [1.165, 1.54) is 0 Å². The summed E-state index contributed by atoms with van der Waals surface area (Å²) in [7, 11) is 0. The number of fused-ring (bicyclic) bond motifs is 2. The molecule has 2 aromatic carbocycles. The molecule has 0 amide bonds. The average molecular weight is 357 g/mol. The number of hydrogen-bond donors (Lipinski definition) is 2. The number of aromatic amines is 2. The van der Waals surface area contributed by atoms with E-state index in [9.17, 15) is 4.79 Å². The van der Waals surface area contributed by atoms with Gasteiger partial charge in [-0.05, 0) is 29.1 Å². The van der Waals surface area contributed by atoms with E-state index in [0.717, 1.165) is 27.4 Å². The van der Waals surface area contributed by atoms with Gasteiger partial charge in [-0.2, -0.15) is 10.1 Å². The highest BCUT2D eigenvalue weighted by Crippen LogP contribution is 2.16. The van der Waals surface area contributed by atoms with Crippen molar-refractivity contribution in [1.29, 1.82) is 0 Å². The van der Waals surface area contributed by atoms with Gasteiger partial charge < -0.3 is 9.51 Å². The van der Waals surface area contributed by atoms with Crippen molar-refractivity contribution in [3.63, 3.8) is 0 Å². The summed E-state index contributed by atoms with van der Waals surface area (Å²) in [4.78, 5) is 19.6. The highest BCUT2D eigenvalue weighted by molar-refractivity contribution is 5.79. The fourth-order valence-corrected chi connectivity index (χ4v) is 3.20. The number of para-hydroxylation sites is 1. The van der Waals surface area contributed by atoms with Gasteiger partial charge in [-0.25, -0.2) is 0 Å². The Kier molecular flexibility index (Phi) is 3.57. The van der Waals surface area contributed by atoms with Crippen LogP contribution in [0.25, 0.3) is 21.8 Å². The zero-order chi connectivity index (χ0) is 18.2. The first-order valence-electron chi connectivity index (χ1n) is 8.59. The van der Waals surface area contributed by atoms with Crippen molar-refractivity contribution >= 4 is 21.8 Å². The molecule has 27 heavy (non-hydrogen) atoms. The zero-order valence-electron chi connectivity index (χ0n) is 14.3. The maximum Gasteiger partial charge on any atom is 0.252 e. The quantitative estimate of drug-likeness (QED) is 0.515.